The average molecular weight is 371 g/mol. The van der Waals surface area contributed by atoms with Crippen molar-refractivity contribution in [3.8, 4) is 0 Å². The lowest BCUT2D eigenvalue weighted by molar-refractivity contribution is -0.132. The number of aryl methyl sites for hydroxylation is 2. The minimum atomic E-state index is 0.175. The number of thiazole rings is 1. The fraction of sp³-hybridized carbons (Fsp3) is 0.429. The topological polar surface area (TPSA) is 42.4 Å². The van der Waals surface area contributed by atoms with Gasteiger partial charge >= 0.3 is 0 Å². The summed E-state index contributed by atoms with van der Waals surface area (Å²) in [4.78, 5) is 20.2. The third-order valence-electron chi connectivity index (χ3n) is 4.65. The highest BCUT2D eigenvalue weighted by Crippen LogP contribution is 2.17. The van der Waals surface area contributed by atoms with E-state index in [1.807, 2.05) is 35.5 Å². The van der Waals surface area contributed by atoms with Crippen LogP contribution in [0.25, 0.3) is 6.08 Å². The van der Waals surface area contributed by atoms with E-state index in [-0.39, 0.29) is 12.0 Å². The van der Waals surface area contributed by atoms with Crippen molar-refractivity contribution in [1.29, 1.82) is 0 Å². The van der Waals surface area contributed by atoms with Crippen molar-refractivity contribution < 1.29 is 9.53 Å². The minimum Gasteiger partial charge on any atom is -0.376 e. The van der Waals surface area contributed by atoms with Gasteiger partial charge in [0.1, 0.15) is 0 Å². The van der Waals surface area contributed by atoms with Gasteiger partial charge < -0.3 is 9.64 Å². The van der Waals surface area contributed by atoms with Crippen molar-refractivity contribution >= 4 is 23.3 Å². The first-order valence-electron chi connectivity index (χ1n) is 9.22. The zero-order chi connectivity index (χ0) is 18.2. The van der Waals surface area contributed by atoms with Crippen molar-refractivity contribution in [1.82, 2.24) is 9.88 Å². The van der Waals surface area contributed by atoms with Crippen molar-refractivity contribution in [2.24, 2.45) is 0 Å². The lowest BCUT2D eigenvalue weighted by Crippen LogP contribution is -2.37. The Balaban J connectivity index is 1.58. The molecule has 0 bridgehead atoms. The van der Waals surface area contributed by atoms with Crippen LogP contribution < -0.4 is 0 Å². The molecule has 1 aromatic carbocycles. The van der Waals surface area contributed by atoms with Crippen molar-refractivity contribution in [3.05, 3.63) is 58.1 Å². The Bertz CT molecular complexity index is 721. The van der Waals surface area contributed by atoms with E-state index in [4.69, 9.17) is 4.74 Å². The van der Waals surface area contributed by atoms with Gasteiger partial charge in [-0.2, -0.15) is 0 Å². The number of rotatable bonds is 8. The standard InChI is InChI=1S/C21H26N2O2S/c1-17-20(26-16-22-17)11-12-21(24)23(15-19-10-6-14-25-19)13-5-9-18-7-3-2-4-8-18/h2-5,7-9,16,19H,6,10-15H2,1H3/b9-5+/t19-/m1/s1. The van der Waals surface area contributed by atoms with Gasteiger partial charge in [-0.1, -0.05) is 42.5 Å². The summed E-state index contributed by atoms with van der Waals surface area (Å²) in [6.07, 6.45) is 7.74. The molecule has 1 amide bonds. The Morgan fingerprint density at radius 3 is 2.92 bits per heavy atom. The van der Waals surface area contributed by atoms with Gasteiger partial charge in [-0.25, -0.2) is 4.98 Å². The Morgan fingerprint density at radius 2 is 2.23 bits per heavy atom. The van der Waals surface area contributed by atoms with Gasteiger partial charge in [0.15, 0.2) is 0 Å². The van der Waals surface area contributed by atoms with Gasteiger partial charge in [-0.05, 0) is 31.7 Å². The molecule has 5 heteroatoms. The molecular formula is C21H26N2O2S. The van der Waals surface area contributed by atoms with Gasteiger partial charge in [0.2, 0.25) is 5.91 Å². The van der Waals surface area contributed by atoms with E-state index in [0.717, 1.165) is 37.1 Å². The number of carbonyl (C=O) groups is 1. The maximum absolute atomic E-state index is 12.8. The van der Waals surface area contributed by atoms with Gasteiger partial charge in [-0.3, -0.25) is 4.79 Å². The Kier molecular flexibility index (Phi) is 6.97. The highest BCUT2D eigenvalue weighted by Gasteiger charge is 2.22. The number of hydrogen-bond acceptors (Lipinski definition) is 4. The van der Waals surface area contributed by atoms with Crippen LogP contribution in [0.15, 0.2) is 41.9 Å². The van der Waals surface area contributed by atoms with Crippen LogP contribution in [-0.2, 0) is 16.0 Å². The molecule has 1 atom stereocenters. The smallest absolute Gasteiger partial charge is 0.223 e. The molecule has 1 saturated heterocycles. The third kappa shape index (κ3) is 5.51. The molecule has 1 fully saturated rings. The van der Waals surface area contributed by atoms with Gasteiger partial charge in [0, 0.05) is 31.0 Å². The number of aromatic nitrogens is 1. The minimum absolute atomic E-state index is 0.175. The Labute approximate surface area is 159 Å². The summed E-state index contributed by atoms with van der Waals surface area (Å²) < 4.78 is 5.74. The van der Waals surface area contributed by atoms with Crippen LogP contribution in [0, 0.1) is 6.92 Å². The molecule has 1 aromatic heterocycles. The van der Waals surface area contributed by atoms with E-state index in [9.17, 15) is 4.79 Å². The summed E-state index contributed by atoms with van der Waals surface area (Å²) in [6.45, 7) is 4.12. The number of nitrogens with zero attached hydrogens (tertiary/aromatic N) is 2. The second-order valence-corrected chi connectivity index (χ2v) is 7.55. The highest BCUT2D eigenvalue weighted by molar-refractivity contribution is 7.09. The summed E-state index contributed by atoms with van der Waals surface area (Å²) in [6, 6.07) is 10.2. The molecule has 3 rings (SSSR count). The number of ether oxygens (including phenoxy) is 1. The van der Waals surface area contributed by atoms with Crippen LogP contribution in [0.2, 0.25) is 0 Å². The summed E-state index contributed by atoms with van der Waals surface area (Å²) in [7, 11) is 0. The molecular weight excluding hydrogens is 344 g/mol. The van der Waals surface area contributed by atoms with Crippen LogP contribution in [0.5, 0.6) is 0 Å². The number of carbonyl (C=O) groups excluding carboxylic acids is 1. The third-order valence-corrected chi connectivity index (χ3v) is 5.64. The first kappa shape index (κ1) is 18.8. The first-order chi connectivity index (χ1) is 12.7. The van der Waals surface area contributed by atoms with Crippen molar-refractivity contribution in [2.75, 3.05) is 19.7 Å². The number of amides is 1. The second-order valence-electron chi connectivity index (χ2n) is 6.61. The zero-order valence-corrected chi connectivity index (χ0v) is 16.1. The predicted octanol–water partition coefficient (Wildman–Crippen LogP) is 4.11. The second kappa shape index (κ2) is 9.64. The van der Waals surface area contributed by atoms with Crippen LogP contribution in [0.4, 0.5) is 0 Å². The number of hydrogen-bond donors (Lipinski definition) is 0. The molecule has 0 saturated carbocycles. The molecule has 0 aliphatic carbocycles. The highest BCUT2D eigenvalue weighted by atomic mass is 32.1. The molecule has 1 aliphatic rings. The van der Waals surface area contributed by atoms with Gasteiger partial charge in [0.05, 0.1) is 17.3 Å². The molecule has 0 radical (unpaired) electrons. The quantitative estimate of drug-likeness (QED) is 0.702. The Morgan fingerprint density at radius 1 is 1.38 bits per heavy atom. The lowest BCUT2D eigenvalue weighted by atomic mass is 10.1. The number of benzene rings is 1. The lowest BCUT2D eigenvalue weighted by Gasteiger charge is -2.24. The molecule has 2 aromatic rings. The molecule has 26 heavy (non-hydrogen) atoms. The fourth-order valence-electron chi connectivity index (χ4n) is 3.14. The maximum atomic E-state index is 12.8. The molecule has 4 nitrogen and oxygen atoms in total. The van der Waals surface area contributed by atoms with Gasteiger partial charge in [-0.15, -0.1) is 11.3 Å². The van der Waals surface area contributed by atoms with Crippen molar-refractivity contribution in [3.63, 3.8) is 0 Å². The molecule has 138 valence electrons. The molecule has 1 aliphatic heterocycles. The average Bonchev–Trinajstić information content (AvgIpc) is 3.31. The SMILES string of the molecule is Cc1ncsc1CCC(=O)N(C/C=C/c1ccccc1)C[C@H]1CCCO1. The molecule has 0 spiro atoms. The summed E-state index contributed by atoms with van der Waals surface area (Å²) in [5, 5.41) is 0. The largest absolute Gasteiger partial charge is 0.376 e. The van der Waals surface area contributed by atoms with Crippen LogP contribution in [0.1, 0.15) is 35.4 Å². The molecule has 0 N–H and O–H groups in total. The maximum Gasteiger partial charge on any atom is 0.223 e. The van der Waals surface area contributed by atoms with E-state index in [0.29, 0.717) is 19.5 Å². The summed E-state index contributed by atoms with van der Waals surface area (Å²) in [5.74, 6) is 0.186. The molecule has 2 heterocycles. The van der Waals surface area contributed by atoms with Crippen molar-refractivity contribution in [2.45, 2.75) is 38.7 Å². The Hall–Kier alpha value is -1.98. The van der Waals surface area contributed by atoms with E-state index >= 15 is 0 Å². The van der Waals surface area contributed by atoms with E-state index in [1.54, 1.807) is 11.3 Å². The van der Waals surface area contributed by atoms with E-state index in [1.165, 1.54) is 4.88 Å². The summed E-state index contributed by atoms with van der Waals surface area (Å²) >= 11 is 1.63. The normalized spacial score (nSPS) is 17.0. The first-order valence-corrected chi connectivity index (χ1v) is 10.1. The van der Waals surface area contributed by atoms with Crippen LogP contribution in [-0.4, -0.2) is 41.6 Å². The predicted molar refractivity (Wildman–Crippen MR) is 106 cm³/mol. The van der Waals surface area contributed by atoms with Gasteiger partial charge in [0.25, 0.3) is 0 Å². The van der Waals surface area contributed by atoms with E-state index in [2.05, 4.69) is 29.3 Å². The monoisotopic (exact) mass is 370 g/mol. The van der Waals surface area contributed by atoms with Crippen LogP contribution in [0.3, 0.4) is 0 Å². The summed E-state index contributed by atoms with van der Waals surface area (Å²) in [5.41, 5.74) is 4.04. The zero-order valence-electron chi connectivity index (χ0n) is 15.3. The fourth-order valence-corrected chi connectivity index (χ4v) is 3.92. The molecule has 0 unspecified atom stereocenters. The van der Waals surface area contributed by atoms with Crippen LogP contribution >= 0.6 is 11.3 Å². The van der Waals surface area contributed by atoms with E-state index < -0.39 is 0 Å².